The van der Waals surface area contributed by atoms with Crippen LogP contribution in [0.4, 0.5) is 0 Å². The number of carbonyl (C=O) groups is 2. The number of aromatic nitrogens is 3. The van der Waals surface area contributed by atoms with Crippen LogP contribution in [0.2, 0.25) is 5.02 Å². The second-order valence-electron chi connectivity index (χ2n) is 7.32. The molecule has 2 heterocycles. The second-order valence-corrected chi connectivity index (χ2v) is 7.76. The molecule has 0 atom stereocenters. The lowest BCUT2D eigenvalue weighted by Gasteiger charge is -2.26. The minimum atomic E-state index is -0.424. The molecule has 0 spiro atoms. The summed E-state index contributed by atoms with van der Waals surface area (Å²) < 4.78 is 2.43. The normalized spacial score (nSPS) is 17.0. The quantitative estimate of drug-likeness (QED) is 0.817. The highest BCUT2D eigenvalue weighted by molar-refractivity contribution is 6.30. The molecule has 0 saturated heterocycles. The van der Waals surface area contributed by atoms with Crippen LogP contribution in [0.1, 0.15) is 41.9 Å². The molecule has 1 aliphatic heterocycles. The Morgan fingerprint density at radius 3 is 2.75 bits per heavy atom. The molecule has 148 valence electrons. The van der Waals surface area contributed by atoms with Gasteiger partial charge >= 0.3 is 5.69 Å². The molecule has 4 rings (SSSR count). The number of nitrogens with zero attached hydrogens (tertiary/aromatic N) is 4. The van der Waals surface area contributed by atoms with Crippen molar-refractivity contribution in [3.05, 3.63) is 51.2 Å². The van der Waals surface area contributed by atoms with Crippen molar-refractivity contribution in [1.29, 1.82) is 0 Å². The van der Waals surface area contributed by atoms with Gasteiger partial charge in [-0.1, -0.05) is 36.6 Å². The summed E-state index contributed by atoms with van der Waals surface area (Å²) in [6, 6.07) is 7.49. The van der Waals surface area contributed by atoms with E-state index in [1.54, 1.807) is 11.0 Å². The molecule has 1 saturated carbocycles. The molecular weight excluding hydrogens is 382 g/mol. The summed E-state index contributed by atoms with van der Waals surface area (Å²) in [5.41, 5.74) is 0.486. The van der Waals surface area contributed by atoms with Gasteiger partial charge in [0.25, 0.3) is 5.91 Å². The molecule has 1 fully saturated rings. The maximum atomic E-state index is 12.8. The number of benzene rings is 1. The Hall–Kier alpha value is -2.61. The first-order valence-electron chi connectivity index (χ1n) is 9.52. The van der Waals surface area contributed by atoms with Gasteiger partial charge in [0.05, 0.1) is 0 Å². The topological polar surface area (TPSA) is 89.2 Å². The molecule has 2 amide bonds. The number of halogens is 1. The average molecular weight is 404 g/mol. The largest absolute Gasteiger partial charge is 0.352 e. The van der Waals surface area contributed by atoms with Gasteiger partial charge in [-0.2, -0.15) is 0 Å². The molecule has 2 aliphatic rings. The van der Waals surface area contributed by atoms with Gasteiger partial charge in [0.15, 0.2) is 0 Å². The fourth-order valence-electron chi connectivity index (χ4n) is 3.85. The van der Waals surface area contributed by atoms with Gasteiger partial charge in [-0.25, -0.2) is 9.48 Å². The van der Waals surface area contributed by atoms with E-state index in [2.05, 4.69) is 10.4 Å². The molecule has 1 aromatic heterocycles. The predicted molar refractivity (Wildman–Crippen MR) is 103 cm³/mol. The third-order valence-corrected chi connectivity index (χ3v) is 5.51. The minimum Gasteiger partial charge on any atom is -0.352 e. The van der Waals surface area contributed by atoms with E-state index >= 15 is 0 Å². The third-order valence-electron chi connectivity index (χ3n) is 5.27. The molecule has 1 N–H and O–H groups in total. The number of amides is 2. The fourth-order valence-corrected chi connectivity index (χ4v) is 4.07. The van der Waals surface area contributed by atoms with Gasteiger partial charge in [0, 0.05) is 30.7 Å². The van der Waals surface area contributed by atoms with Crippen LogP contribution in [0.5, 0.6) is 0 Å². The number of carbonyl (C=O) groups excluding carboxylic acids is 2. The van der Waals surface area contributed by atoms with Crippen molar-refractivity contribution < 1.29 is 9.59 Å². The van der Waals surface area contributed by atoms with E-state index in [-0.39, 0.29) is 30.2 Å². The lowest BCUT2D eigenvalue weighted by atomic mass is 10.2. The number of fused-ring (bicyclic) bond motifs is 1. The van der Waals surface area contributed by atoms with E-state index < -0.39 is 5.69 Å². The van der Waals surface area contributed by atoms with Crippen LogP contribution in [0.25, 0.3) is 0 Å². The van der Waals surface area contributed by atoms with Gasteiger partial charge in [-0.3, -0.25) is 14.2 Å². The first-order valence-corrected chi connectivity index (χ1v) is 9.90. The highest BCUT2D eigenvalue weighted by Gasteiger charge is 2.30. The first-order chi connectivity index (χ1) is 13.5. The van der Waals surface area contributed by atoms with Crippen LogP contribution < -0.4 is 11.0 Å². The van der Waals surface area contributed by atoms with Crippen molar-refractivity contribution in [2.75, 3.05) is 6.54 Å². The van der Waals surface area contributed by atoms with E-state index in [0.717, 1.165) is 35.9 Å². The van der Waals surface area contributed by atoms with Crippen LogP contribution >= 0.6 is 11.6 Å². The molecule has 1 aliphatic carbocycles. The summed E-state index contributed by atoms with van der Waals surface area (Å²) in [6.07, 6.45) is 4.16. The van der Waals surface area contributed by atoms with Crippen LogP contribution in [-0.4, -0.2) is 43.6 Å². The van der Waals surface area contributed by atoms with E-state index in [0.29, 0.717) is 24.7 Å². The summed E-state index contributed by atoms with van der Waals surface area (Å²) in [7, 11) is 0. The van der Waals surface area contributed by atoms with Crippen molar-refractivity contribution in [2.24, 2.45) is 0 Å². The molecule has 0 bridgehead atoms. The summed E-state index contributed by atoms with van der Waals surface area (Å²) >= 11 is 6.01. The zero-order chi connectivity index (χ0) is 19.7. The minimum absolute atomic E-state index is 0.0759. The van der Waals surface area contributed by atoms with Gasteiger partial charge in [-0.15, -0.1) is 5.10 Å². The maximum Gasteiger partial charge on any atom is 0.346 e. The molecule has 2 aromatic rings. The Balaban J connectivity index is 1.47. The van der Waals surface area contributed by atoms with Crippen molar-refractivity contribution in [2.45, 2.75) is 51.4 Å². The number of nitrogens with one attached hydrogen (secondary N) is 1. The van der Waals surface area contributed by atoms with Crippen molar-refractivity contribution in [1.82, 2.24) is 24.6 Å². The lowest BCUT2D eigenvalue weighted by molar-refractivity contribution is -0.122. The van der Waals surface area contributed by atoms with Gasteiger partial charge in [-0.05, 0) is 30.5 Å². The smallest absolute Gasteiger partial charge is 0.346 e. The van der Waals surface area contributed by atoms with Crippen LogP contribution in [0, 0.1) is 0 Å². The first kappa shape index (κ1) is 18.7. The summed E-state index contributed by atoms with van der Waals surface area (Å²) in [4.78, 5) is 39.2. The van der Waals surface area contributed by atoms with Gasteiger partial charge < -0.3 is 10.2 Å². The standard InChI is InChI=1S/C19H22ClN5O3/c20-14-5-3-4-13(10-14)11-23-8-9-24-17(18(23)27)22-25(19(24)28)12-16(26)21-15-6-1-2-7-15/h3-5,10,15H,1-2,6-9,11-12H2,(H,21,26). The maximum absolute atomic E-state index is 12.8. The van der Waals surface area contributed by atoms with Crippen LogP contribution in [0.3, 0.4) is 0 Å². The molecule has 9 heteroatoms. The Kier molecular flexibility index (Phi) is 5.21. The van der Waals surface area contributed by atoms with Crippen LogP contribution in [0.15, 0.2) is 29.1 Å². The number of hydrogen-bond donors (Lipinski definition) is 1. The Labute approximate surface area is 167 Å². The zero-order valence-corrected chi connectivity index (χ0v) is 16.2. The van der Waals surface area contributed by atoms with E-state index in [4.69, 9.17) is 11.6 Å². The van der Waals surface area contributed by atoms with Gasteiger partial charge in [0.2, 0.25) is 11.7 Å². The Morgan fingerprint density at radius 2 is 2.00 bits per heavy atom. The highest BCUT2D eigenvalue weighted by atomic mass is 35.5. The van der Waals surface area contributed by atoms with Gasteiger partial charge in [0.1, 0.15) is 6.54 Å². The van der Waals surface area contributed by atoms with Crippen molar-refractivity contribution >= 4 is 23.4 Å². The summed E-state index contributed by atoms with van der Waals surface area (Å²) in [6.45, 7) is 0.975. The third kappa shape index (κ3) is 3.82. The zero-order valence-electron chi connectivity index (χ0n) is 15.4. The molecule has 8 nitrogen and oxygen atoms in total. The molecule has 0 unspecified atom stereocenters. The molecule has 28 heavy (non-hydrogen) atoms. The Bertz CT molecular complexity index is 961. The number of rotatable bonds is 5. The monoisotopic (exact) mass is 403 g/mol. The van der Waals surface area contributed by atoms with E-state index in [9.17, 15) is 14.4 Å². The lowest BCUT2D eigenvalue weighted by Crippen LogP contribution is -2.42. The molecule has 1 aromatic carbocycles. The summed E-state index contributed by atoms with van der Waals surface area (Å²) in [5, 5.41) is 7.69. The predicted octanol–water partition coefficient (Wildman–Crippen LogP) is 1.41. The van der Waals surface area contributed by atoms with E-state index in [1.807, 2.05) is 18.2 Å². The highest BCUT2D eigenvalue weighted by Crippen LogP contribution is 2.18. The van der Waals surface area contributed by atoms with E-state index in [1.165, 1.54) is 4.57 Å². The van der Waals surface area contributed by atoms with Crippen molar-refractivity contribution in [3.63, 3.8) is 0 Å². The molecular formula is C19H22ClN5O3. The average Bonchev–Trinajstić information content (AvgIpc) is 3.27. The fraction of sp³-hybridized carbons (Fsp3) is 0.474. The second kappa shape index (κ2) is 7.79. The SMILES string of the molecule is O=C(Cn1nc2n(c1=O)CCN(Cc1cccc(Cl)c1)C2=O)NC1CCCC1. The van der Waals surface area contributed by atoms with Crippen LogP contribution in [-0.2, 0) is 24.4 Å². The van der Waals surface area contributed by atoms with Crippen molar-refractivity contribution in [3.8, 4) is 0 Å². The number of hydrogen-bond acceptors (Lipinski definition) is 4. The molecule has 0 radical (unpaired) electrons. The Morgan fingerprint density at radius 1 is 1.21 bits per heavy atom. The summed E-state index contributed by atoms with van der Waals surface area (Å²) in [5.74, 6) is -0.488.